The number of hydrogen-bond acceptors (Lipinski definition) is 3. The second kappa shape index (κ2) is 7.22. The summed E-state index contributed by atoms with van der Waals surface area (Å²) in [5.74, 6) is 0. The van der Waals surface area contributed by atoms with Gasteiger partial charge in [0.25, 0.3) is 0 Å². The number of hydrogen-bond donors (Lipinski definition) is 0. The van der Waals surface area contributed by atoms with Crippen LogP contribution in [-0.2, 0) is 9.47 Å². The van der Waals surface area contributed by atoms with Crippen molar-refractivity contribution in [2.24, 2.45) is 0 Å². The van der Waals surface area contributed by atoms with Crippen molar-refractivity contribution in [1.82, 2.24) is 4.90 Å². The fraction of sp³-hybridized carbons (Fsp3) is 1.00. The summed E-state index contributed by atoms with van der Waals surface area (Å²) < 4.78 is 11.5. The molecule has 18 heavy (non-hydrogen) atoms. The molecule has 0 amide bonds. The second-order valence-electron chi connectivity index (χ2n) is 5.65. The largest absolute Gasteiger partial charge is 0.383 e. The summed E-state index contributed by atoms with van der Waals surface area (Å²) in [6.45, 7) is 3.97. The first-order valence-corrected chi connectivity index (χ1v) is 8.35. The molecule has 0 aromatic heterocycles. The quantitative estimate of drug-likeness (QED) is 0.673. The Hall–Kier alpha value is 0.360. The molecule has 1 atom stereocenters. The molecule has 0 aromatic carbocycles. The predicted octanol–water partition coefficient (Wildman–Crippen LogP) is 2.82. The highest BCUT2D eigenvalue weighted by Crippen LogP contribution is 2.43. The Kier molecular flexibility index (Phi) is 5.93. The van der Waals surface area contributed by atoms with Crippen molar-refractivity contribution >= 4 is 15.9 Å². The molecule has 2 rings (SSSR count). The van der Waals surface area contributed by atoms with E-state index in [1.807, 2.05) is 0 Å². The van der Waals surface area contributed by atoms with Gasteiger partial charge in [-0.05, 0) is 25.7 Å². The number of ether oxygens (including phenoxy) is 2. The molecule has 0 bridgehead atoms. The van der Waals surface area contributed by atoms with E-state index in [1.54, 1.807) is 7.11 Å². The van der Waals surface area contributed by atoms with Crippen LogP contribution >= 0.6 is 15.9 Å². The van der Waals surface area contributed by atoms with E-state index >= 15 is 0 Å². The molecular formula is C14H26BrNO2. The van der Waals surface area contributed by atoms with Crippen molar-refractivity contribution in [1.29, 1.82) is 0 Å². The van der Waals surface area contributed by atoms with Gasteiger partial charge in [-0.25, -0.2) is 0 Å². The number of rotatable bonds is 7. The Morgan fingerprint density at radius 2 is 2.06 bits per heavy atom. The molecule has 1 heterocycles. The van der Waals surface area contributed by atoms with Gasteiger partial charge in [0, 0.05) is 32.1 Å². The molecule has 2 fully saturated rings. The van der Waals surface area contributed by atoms with Crippen LogP contribution in [-0.4, -0.2) is 55.3 Å². The second-order valence-corrected chi connectivity index (χ2v) is 6.44. The van der Waals surface area contributed by atoms with E-state index in [0.717, 1.165) is 31.6 Å². The summed E-state index contributed by atoms with van der Waals surface area (Å²) in [5.41, 5.74) is 0.270. The lowest BCUT2D eigenvalue weighted by Gasteiger charge is -2.27. The zero-order chi connectivity index (χ0) is 12.8. The standard InChI is InChI=1S/C14H26BrNO2/c1-17-11-10-16(9-8-15)12-13-4-7-14(18-13)5-2-3-6-14/h13H,2-12H2,1H3. The van der Waals surface area contributed by atoms with Crippen LogP contribution in [0.3, 0.4) is 0 Å². The predicted molar refractivity (Wildman–Crippen MR) is 77.4 cm³/mol. The molecular weight excluding hydrogens is 294 g/mol. The van der Waals surface area contributed by atoms with Crippen LogP contribution in [0.4, 0.5) is 0 Å². The van der Waals surface area contributed by atoms with E-state index in [4.69, 9.17) is 9.47 Å². The minimum atomic E-state index is 0.270. The molecule has 1 aliphatic heterocycles. The summed E-state index contributed by atoms with van der Waals surface area (Å²) >= 11 is 3.53. The van der Waals surface area contributed by atoms with Gasteiger partial charge in [-0.1, -0.05) is 28.8 Å². The smallest absolute Gasteiger partial charge is 0.0710 e. The zero-order valence-corrected chi connectivity index (χ0v) is 13.1. The van der Waals surface area contributed by atoms with E-state index < -0.39 is 0 Å². The fourth-order valence-corrected chi connectivity index (χ4v) is 3.83. The van der Waals surface area contributed by atoms with Crippen molar-refractivity contribution in [3.63, 3.8) is 0 Å². The number of methoxy groups -OCH3 is 1. The van der Waals surface area contributed by atoms with Gasteiger partial charge < -0.3 is 9.47 Å². The van der Waals surface area contributed by atoms with Gasteiger partial charge in [-0.15, -0.1) is 0 Å². The average Bonchev–Trinajstić information content (AvgIpc) is 2.98. The Balaban J connectivity index is 1.77. The molecule has 1 aliphatic carbocycles. The molecule has 3 nitrogen and oxygen atoms in total. The number of halogens is 1. The minimum Gasteiger partial charge on any atom is -0.383 e. The first-order chi connectivity index (χ1) is 8.78. The van der Waals surface area contributed by atoms with Gasteiger partial charge in [0.05, 0.1) is 18.3 Å². The molecule has 1 unspecified atom stereocenters. The van der Waals surface area contributed by atoms with Crippen LogP contribution in [0.2, 0.25) is 0 Å². The first-order valence-electron chi connectivity index (χ1n) is 7.23. The first kappa shape index (κ1) is 14.8. The van der Waals surface area contributed by atoms with E-state index in [9.17, 15) is 0 Å². The average molecular weight is 320 g/mol. The van der Waals surface area contributed by atoms with E-state index in [2.05, 4.69) is 20.8 Å². The lowest BCUT2D eigenvalue weighted by atomic mass is 9.98. The molecule has 1 saturated carbocycles. The van der Waals surface area contributed by atoms with Gasteiger partial charge in [-0.3, -0.25) is 4.90 Å². The molecule has 1 saturated heterocycles. The Morgan fingerprint density at radius 1 is 1.28 bits per heavy atom. The third kappa shape index (κ3) is 3.92. The minimum absolute atomic E-state index is 0.270. The Bertz CT molecular complexity index is 244. The highest BCUT2D eigenvalue weighted by atomic mass is 79.9. The number of alkyl halides is 1. The molecule has 2 aliphatic rings. The zero-order valence-electron chi connectivity index (χ0n) is 11.5. The molecule has 4 heteroatoms. The van der Waals surface area contributed by atoms with Gasteiger partial charge in [-0.2, -0.15) is 0 Å². The highest BCUT2D eigenvalue weighted by Gasteiger charge is 2.42. The highest BCUT2D eigenvalue weighted by molar-refractivity contribution is 9.09. The molecule has 0 N–H and O–H groups in total. The summed E-state index contributed by atoms with van der Waals surface area (Å²) in [5, 5.41) is 1.02. The third-order valence-corrected chi connectivity index (χ3v) is 4.68. The van der Waals surface area contributed by atoms with Crippen molar-refractivity contribution in [2.45, 2.75) is 50.2 Å². The maximum atomic E-state index is 6.37. The van der Waals surface area contributed by atoms with Gasteiger partial charge in [0.15, 0.2) is 0 Å². The van der Waals surface area contributed by atoms with Crippen LogP contribution in [0, 0.1) is 0 Å². The van der Waals surface area contributed by atoms with Gasteiger partial charge in [0.1, 0.15) is 0 Å². The van der Waals surface area contributed by atoms with E-state index in [-0.39, 0.29) is 5.60 Å². The summed E-state index contributed by atoms with van der Waals surface area (Å²) in [4.78, 5) is 2.46. The third-order valence-electron chi connectivity index (χ3n) is 4.33. The molecule has 0 radical (unpaired) electrons. The SMILES string of the molecule is COCCN(CCBr)CC1CCC2(CCCC2)O1. The van der Waals surface area contributed by atoms with Crippen molar-refractivity contribution < 1.29 is 9.47 Å². The van der Waals surface area contributed by atoms with Crippen LogP contribution in [0.25, 0.3) is 0 Å². The number of nitrogens with zero attached hydrogens (tertiary/aromatic N) is 1. The summed E-state index contributed by atoms with van der Waals surface area (Å²) in [6, 6.07) is 0. The normalized spacial score (nSPS) is 26.5. The Labute approximate surface area is 119 Å². The molecule has 1 spiro atoms. The Morgan fingerprint density at radius 3 is 2.72 bits per heavy atom. The van der Waals surface area contributed by atoms with Crippen molar-refractivity contribution in [2.75, 3.05) is 38.7 Å². The van der Waals surface area contributed by atoms with Crippen molar-refractivity contribution in [3.05, 3.63) is 0 Å². The van der Waals surface area contributed by atoms with Crippen LogP contribution in [0.15, 0.2) is 0 Å². The topological polar surface area (TPSA) is 21.7 Å². The van der Waals surface area contributed by atoms with Gasteiger partial charge in [0.2, 0.25) is 0 Å². The van der Waals surface area contributed by atoms with Crippen LogP contribution < -0.4 is 0 Å². The molecule has 0 aromatic rings. The van der Waals surface area contributed by atoms with Crippen LogP contribution in [0.5, 0.6) is 0 Å². The van der Waals surface area contributed by atoms with Crippen LogP contribution in [0.1, 0.15) is 38.5 Å². The maximum Gasteiger partial charge on any atom is 0.0710 e. The lowest BCUT2D eigenvalue weighted by Crippen LogP contribution is -2.37. The van der Waals surface area contributed by atoms with Gasteiger partial charge >= 0.3 is 0 Å². The maximum absolute atomic E-state index is 6.37. The lowest BCUT2D eigenvalue weighted by molar-refractivity contribution is -0.0480. The fourth-order valence-electron chi connectivity index (χ4n) is 3.33. The molecule has 106 valence electrons. The van der Waals surface area contributed by atoms with E-state index in [1.165, 1.54) is 38.5 Å². The summed E-state index contributed by atoms with van der Waals surface area (Å²) in [7, 11) is 1.77. The monoisotopic (exact) mass is 319 g/mol. The summed E-state index contributed by atoms with van der Waals surface area (Å²) in [6.07, 6.45) is 8.28. The van der Waals surface area contributed by atoms with E-state index in [0.29, 0.717) is 6.10 Å². The van der Waals surface area contributed by atoms with Crippen molar-refractivity contribution in [3.8, 4) is 0 Å².